The van der Waals surface area contributed by atoms with Crippen molar-refractivity contribution < 1.29 is 4.39 Å². The number of hydrogen-bond donors (Lipinski definition) is 1. The van der Waals surface area contributed by atoms with Crippen molar-refractivity contribution in [1.29, 1.82) is 0 Å². The molecule has 0 amide bonds. The summed E-state index contributed by atoms with van der Waals surface area (Å²) < 4.78 is 14.0. The maximum Gasteiger partial charge on any atom is 0.126 e. The van der Waals surface area contributed by atoms with Crippen molar-refractivity contribution in [2.75, 3.05) is 13.1 Å². The van der Waals surface area contributed by atoms with Crippen molar-refractivity contribution in [3.05, 3.63) is 58.0 Å². The Morgan fingerprint density at radius 2 is 2.10 bits per heavy atom. The highest BCUT2D eigenvalue weighted by Crippen LogP contribution is 2.24. The lowest BCUT2D eigenvalue weighted by Crippen LogP contribution is -2.23. The zero-order chi connectivity index (χ0) is 14.2. The summed E-state index contributed by atoms with van der Waals surface area (Å²) in [6, 6.07) is 9.32. The molecule has 0 spiro atoms. The quantitative estimate of drug-likeness (QED) is 0.701. The van der Waals surface area contributed by atoms with E-state index in [9.17, 15) is 4.39 Å². The van der Waals surface area contributed by atoms with Crippen LogP contribution in [-0.2, 0) is 6.42 Å². The Labute approximate surface area is 124 Å². The molecule has 0 aliphatic carbocycles. The average Bonchev–Trinajstić information content (AvgIpc) is 2.97. The van der Waals surface area contributed by atoms with Crippen LogP contribution in [0.1, 0.15) is 36.8 Å². The molecule has 1 N–H and O–H groups in total. The van der Waals surface area contributed by atoms with Gasteiger partial charge in [0.1, 0.15) is 5.82 Å². The van der Waals surface area contributed by atoms with Crippen molar-refractivity contribution in [2.45, 2.75) is 32.1 Å². The Balaban J connectivity index is 2.02. The molecule has 1 atom stereocenters. The van der Waals surface area contributed by atoms with Gasteiger partial charge in [0.05, 0.1) is 0 Å². The van der Waals surface area contributed by atoms with Crippen LogP contribution in [-0.4, -0.2) is 13.1 Å². The van der Waals surface area contributed by atoms with Gasteiger partial charge in [0.15, 0.2) is 0 Å². The first kappa shape index (κ1) is 15.2. The maximum atomic E-state index is 14.0. The highest BCUT2D eigenvalue weighted by Gasteiger charge is 2.15. The first-order valence-electron chi connectivity index (χ1n) is 7.27. The van der Waals surface area contributed by atoms with Gasteiger partial charge in [0.25, 0.3) is 0 Å². The Kier molecular flexibility index (Phi) is 6.22. The van der Waals surface area contributed by atoms with Gasteiger partial charge < -0.3 is 5.32 Å². The molecule has 2 rings (SSSR count). The number of benzene rings is 1. The summed E-state index contributed by atoms with van der Waals surface area (Å²) >= 11 is 1.72. The summed E-state index contributed by atoms with van der Waals surface area (Å²) in [6.07, 6.45) is 3.10. The third kappa shape index (κ3) is 4.43. The van der Waals surface area contributed by atoms with E-state index in [2.05, 4.69) is 29.1 Å². The van der Waals surface area contributed by atoms with Crippen molar-refractivity contribution >= 4 is 11.3 Å². The lowest BCUT2D eigenvalue weighted by atomic mass is 9.92. The van der Waals surface area contributed by atoms with Gasteiger partial charge in [-0.1, -0.05) is 25.1 Å². The second-order valence-corrected chi connectivity index (χ2v) is 5.87. The van der Waals surface area contributed by atoms with Crippen LogP contribution >= 0.6 is 11.3 Å². The number of nitrogens with one attached hydrogen (secondary N) is 1. The molecular weight excluding hydrogens is 269 g/mol. The predicted molar refractivity (Wildman–Crippen MR) is 84.9 cm³/mol. The fourth-order valence-corrected chi connectivity index (χ4v) is 3.11. The number of rotatable bonds is 8. The Hall–Kier alpha value is -1.19. The number of thiophene rings is 1. The van der Waals surface area contributed by atoms with Gasteiger partial charge in [-0.3, -0.25) is 0 Å². The summed E-state index contributed by atoms with van der Waals surface area (Å²) in [7, 11) is 0. The third-order valence-corrected chi connectivity index (χ3v) is 4.26. The Morgan fingerprint density at radius 1 is 1.25 bits per heavy atom. The number of hydrogen-bond acceptors (Lipinski definition) is 2. The second kappa shape index (κ2) is 8.18. The van der Waals surface area contributed by atoms with Gasteiger partial charge in [-0.05, 0) is 65.7 Å². The van der Waals surface area contributed by atoms with Gasteiger partial charge in [-0.25, -0.2) is 4.39 Å². The fourth-order valence-electron chi connectivity index (χ4n) is 2.40. The molecule has 0 aliphatic rings. The summed E-state index contributed by atoms with van der Waals surface area (Å²) in [4.78, 5) is 0. The van der Waals surface area contributed by atoms with E-state index in [0.29, 0.717) is 0 Å². The van der Waals surface area contributed by atoms with E-state index in [4.69, 9.17) is 0 Å². The fraction of sp³-hybridized carbons (Fsp3) is 0.412. The zero-order valence-electron chi connectivity index (χ0n) is 11.9. The van der Waals surface area contributed by atoms with Crippen LogP contribution in [0, 0.1) is 5.82 Å². The van der Waals surface area contributed by atoms with Gasteiger partial charge in [-0.15, -0.1) is 0 Å². The van der Waals surface area contributed by atoms with E-state index >= 15 is 0 Å². The average molecular weight is 291 g/mol. The number of aryl methyl sites for hydroxylation is 1. The molecular formula is C17H22FNS. The molecule has 0 saturated heterocycles. The Bertz CT molecular complexity index is 495. The smallest absolute Gasteiger partial charge is 0.126 e. The molecule has 0 saturated carbocycles. The molecule has 0 bridgehead atoms. The van der Waals surface area contributed by atoms with E-state index in [1.54, 1.807) is 23.5 Å². The van der Waals surface area contributed by atoms with Crippen molar-refractivity contribution in [3.8, 4) is 0 Å². The van der Waals surface area contributed by atoms with Crippen LogP contribution in [0.15, 0.2) is 41.1 Å². The van der Waals surface area contributed by atoms with E-state index < -0.39 is 0 Å². The first-order chi connectivity index (χ1) is 9.81. The first-order valence-corrected chi connectivity index (χ1v) is 8.21. The number of halogens is 1. The molecule has 0 fully saturated rings. The largest absolute Gasteiger partial charge is 0.316 e. The molecule has 108 valence electrons. The molecule has 1 heterocycles. The molecule has 20 heavy (non-hydrogen) atoms. The summed E-state index contributed by atoms with van der Waals surface area (Å²) in [5.41, 5.74) is 2.19. The van der Waals surface area contributed by atoms with E-state index in [1.807, 2.05) is 12.1 Å². The molecule has 3 heteroatoms. The van der Waals surface area contributed by atoms with Crippen molar-refractivity contribution in [1.82, 2.24) is 5.32 Å². The summed E-state index contributed by atoms with van der Waals surface area (Å²) in [6.45, 7) is 3.98. The van der Waals surface area contributed by atoms with Gasteiger partial charge in [0.2, 0.25) is 0 Å². The van der Waals surface area contributed by atoms with E-state index in [-0.39, 0.29) is 11.7 Å². The molecule has 2 aromatic rings. The van der Waals surface area contributed by atoms with Gasteiger partial charge in [-0.2, -0.15) is 11.3 Å². The second-order valence-electron chi connectivity index (χ2n) is 5.09. The van der Waals surface area contributed by atoms with Crippen LogP contribution in [0.2, 0.25) is 0 Å². The van der Waals surface area contributed by atoms with Crippen LogP contribution in [0.4, 0.5) is 4.39 Å². The minimum absolute atomic E-state index is 0.0823. The molecule has 1 aromatic heterocycles. The predicted octanol–water partition coefficient (Wildman–Crippen LogP) is 4.60. The minimum atomic E-state index is -0.0823. The standard InChI is InChI=1S/C17H22FNS/c1-2-10-19-12-15(8-7-14-9-11-20-13-14)16-5-3-4-6-17(16)18/h3-6,9,11,13,15,19H,2,7-8,10,12H2,1H3. The van der Waals surface area contributed by atoms with Crippen LogP contribution in [0.5, 0.6) is 0 Å². The van der Waals surface area contributed by atoms with Crippen molar-refractivity contribution in [3.63, 3.8) is 0 Å². The van der Waals surface area contributed by atoms with Gasteiger partial charge in [0, 0.05) is 6.54 Å². The molecule has 0 aliphatic heterocycles. The van der Waals surface area contributed by atoms with E-state index in [0.717, 1.165) is 37.9 Å². The summed E-state index contributed by atoms with van der Waals surface area (Å²) in [5, 5.41) is 7.71. The highest BCUT2D eigenvalue weighted by atomic mass is 32.1. The maximum absolute atomic E-state index is 14.0. The topological polar surface area (TPSA) is 12.0 Å². The van der Waals surface area contributed by atoms with Crippen LogP contribution < -0.4 is 5.32 Å². The molecule has 1 unspecified atom stereocenters. The normalized spacial score (nSPS) is 12.5. The molecule has 1 aromatic carbocycles. The zero-order valence-corrected chi connectivity index (χ0v) is 12.8. The van der Waals surface area contributed by atoms with Crippen LogP contribution in [0.3, 0.4) is 0 Å². The summed E-state index contributed by atoms with van der Waals surface area (Å²) in [5.74, 6) is 0.156. The minimum Gasteiger partial charge on any atom is -0.316 e. The Morgan fingerprint density at radius 3 is 2.80 bits per heavy atom. The lowest BCUT2D eigenvalue weighted by Gasteiger charge is -2.18. The monoisotopic (exact) mass is 291 g/mol. The van der Waals surface area contributed by atoms with Gasteiger partial charge >= 0.3 is 0 Å². The SMILES string of the molecule is CCCNCC(CCc1ccsc1)c1ccccc1F. The highest BCUT2D eigenvalue weighted by molar-refractivity contribution is 7.07. The molecule has 0 radical (unpaired) electrons. The van der Waals surface area contributed by atoms with E-state index in [1.165, 1.54) is 5.56 Å². The molecule has 1 nitrogen and oxygen atoms in total. The van der Waals surface area contributed by atoms with Crippen LogP contribution in [0.25, 0.3) is 0 Å². The third-order valence-electron chi connectivity index (χ3n) is 3.52. The lowest BCUT2D eigenvalue weighted by molar-refractivity contribution is 0.516. The van der Waals surface area contributed by atoms with Crippen molar-refractivity contribution in [2.24, 2.45) is 0 Å².